The second-order valence-electron chi connectivity index (χ2n) is 4.23. The van der Waals surface area contributed by atoms with Crippen molar-refractivity contribution in [2.75, 3.05) is 0 Å². The zero-order valence-corrected chi connectivity index (χ0v) is 10.1. The molecule has 0 unspecified atom stereocenters. The summed E-state index contributed by atoms with van der Waals surface area (Å²) < 4.78 is 5.90. The summed E-state index contributed by atoms with van der Waals surface area (Å²) >= 11 is 6.20. The van der Waals surface area contributed by atoms with Gasteiger partial charge in [0.05, 0.1) is 0 Å². The summed E-state index contributed by atoms with van der Waals surface area (Å²) in [5.74, 6) is 0. The summed E-state index contributed by atoms with van der Waals surface area (Å²) in [5.41, 5.74) is 2.55. The van der Waals surface area contributed by atoms with E-state index in [-0.39, 0.29) is 0 Å². The van der Waals surface area contributed by atoms with Crippen LogP contribution in [0.1, 0.15) is 0 Å². The molecule has 4 rings (SSSR count). The minimum atomic E-state index is 0.739. The maximum atomic E-state index is 6.20. The molecule has 0 aliphatic rings. The van der Waals surface area contributed by atoms with Crippen LogP contribution in [0.15, 0.2) is 53.1 Å². The number of benzene rings is 2. The minimum Gasteiger partial charge on any atom is -0.454 e. The highest BCUT2D eigenvalue weighted by Crippen LogP contribution is 2.34. The smallest absolute Gasteiger partial charge is 0.153 e. The lowest BCUT2D eigenvalue weighted by Gasteiger charge is -2.00. The summed E-state index contributed by atoms with van der Waals surface area (Å²) in [4.78, 5) is 4.37. The molecule has 0 atom stereocenters. The van der Waals surface area contributed by atoms with Crippen molar-refractivity contribution < 1.29 is 4.42 Å². The van der Waals surface area contributed by atoms with Crippen LogP contribution in [0.3, 0.4) is 0 Å². The van der Waals surface area contributed by atoms with Gasteiger partial charge in [0.15, 0.2) is 5.58 Å². The normalized spacial score (nSPS) is 11.6. The van der Waals surface area contributed by atoms with Crippen molar-refractivity contribution in [3.05, 3.63) is 53.7 Å². The van der Waals surface area contributed by atoms with Gasteiger partial charge in [-0.25, -0.2) is 0 Å². The molecule has 0 N–H and O–H groups in total. The first-order valence-electron chi connectivity index (χ1n) is 5.69. The zero-order valence-electron chi connectivity index (χ0n) is 9.35. The summed E-state index contributed by atoms with van der Waals surface area (Å²) in [6.45, 7) is 0. The lowest BCUT2D eigenvalue weighted by Crippen LogP contribution is -1.75. The van der Waals surface area contributed by atoms with Gasteiger partial charge in [-0.1, -0.05) is 29.8 Å². The Balaban J connectivity index is 2.32. The van der Waals surface area contributed by atoms with Crippen LogP contribution in [-0.4, -0.2) is 4.98 Å². The zero-order chi connectivity index (χ0) is 12.1. The largest absolute Gasteiger partial charge is 0.454 e. The van der Waals surface area contributed by atoms with Crippen LogP contribution in [0.25, 0.3) is 32.8 Å². The molecule has 2 heterocycles. The SMILES string of the molecule is Clc1cccc2c1ccc1c3ncccc3oc21. The molecule has 0 fully saturated rings. The predicted molar refractivity (Wildman–Crippen MR) is 74.0 cm³/mol. The molecule has 0 amide bonds. The van der Waals surface area contributed by atoms with Gasteiger partial charge in [-0.05, 0) is 24.3 Å². The molecular formula is C15H8ClNO. The molecule has 0 radical (unpaired) electrons. The number of aromatic nitrogens is 1. The number of halogens is 1. The second kappa shape index (κ2) is 3.47. The van der Waals surface area contributed by atoms with E-state index in [4.69, 9.17) is 16.0 Å². The monoisotopic (exact) mass is 253 g/mol. The summed E-state index contributed by atoms with van der Waals surface area (Å²) in [6, 6.07) is 13.7. The van der Waals surface area contributed by atoms with Crippen LogP contribution in [0.2, 0.25) is 5.02 Å². The van der Waals surface area contributed by atoms with E-state index in [9.17, 15) is 0 Å². The number of hydrogen-bond acceptors (Lipinski definition) is 2. The maximum Gasteiger partial charge on any atom is 0.153 e. The van der Waals surface area contributed by atoms with Crippen molar-refractivity contribution in [1.82, 2.24) is 4.98 Å². The second-order valence-corrected chi connectivity index (χ2v) is 4.64. The van der Waals surface area contributed by atoms with E-state index in [1.165, 1.54) is 0 Å². The molecule has 0 saturated carbocycles. The Labute approximate surface area is 108 Å². The van der Waals surface area contributed by atoms with Crippen molar-refractivity contribution in [3.8, 4) is 0 Å². The van der Waals surface area contributed by atoms with Gasteiger partial charge in [0.2, 0.25) is 0 Å². The van der Waals surface area contributed by atoms with E-state index in [2.05, 4.69) is 4.98 Å². The molecule has 2 aromatic carbocycles. The Morgan fingerprint density at radius 2 is 1.78 bits per heavy atom. The Morgan fingerprint density at radius 3 is 2.72 bits per heavy atom. The fourth-order valence-corrected chi connectivity index (χ4v) is 2.61. The molecule has 18 heavy (non-hydrogen) atoms. The first-order chi connectivity index (χ1) is 8.84. The highest BCUT2D eigenvalue weighted by Gasteiger charge is 2.11. The molecule has 0 spiro atoms. The van der Waals surface area contributed by atoms with Gasteiger partial charge in [0, 0.05) is 27.4 Å². The van der Waals surface area contributed by atoms with Gasteiger partial charge in [-0.3, -0.25) is 4.98 Å². The standard InChI is InChI=1S/C15H8ClNO/c16-12-4-1-3-10-9(12)6-7-11-14-13(18-15(10)11)5-2-8-17-14/h1-8H. The summed E-state index contributed by atoms with van der Waals surface area (Å²) in [5, 5.41) is 3.80. The van der Waals surface area contributed by atoms with Crippen LogP contribution in [0.5, 0.6) is 0 Å². The van der Waals surface area contributed by atoms with Gasteiger partial charge in [-0.2, -0.15) is 0 Å². The van der Waals surface area contributed by atoms with E-state index in [1.54, 1.807) is 6.20 Å². The van der Waals surface area contributed by atoms with Crippen LogP contribution in [0.4, 0.5) is 0 Å². The molecule has 2 aromatic heterocycles. The Bertz CT molecular complexity index is 895. The van der Waals surface area contributed by atoms with Crippen LogP contribution in [-0.2, 0) is 0 Å². The number of rotatable bonds is 0. The predicted octanol–water partition coefficient (Wildman–Crippen LogP) is 4.79. The molecule has 0 bridgehead atoms. The van der Waals surface area contributed by atoms with Gasteiger partial charge in [-0.15, -0.1) is 0 Å². The van der Waals surface area contributed by atoms with Crippen molar-refractivity contribution in [2.45, 2.75) is 0 Å². The van der Waals surface area contributed by atoms with Crippen LogP contribution >= 0.6 is 11.6 Å². The van der Waals surface area contributed by atoms with Crippen molar-refractivity contribution >= 4 is 44.4 Å². The fourth-order valence-electron chi connectivity index (χ4n) is 2.37. The third-order valence-corrected chi connectivity index (χ3v) is 3.53. The molecule has 86 valence electrons. The van der Waals surface area contributed by atoms with E-state index in [0.717, 1.165) is 37.9 Å². The molecule has 2 nitrogen and oxygen atoms in total. The van der Waals surface area contributed by atoms with Gasteiger partial charge < -0.3 is 4.42 Å². The lowest BCUT2D eigenvalue weighted by molar-refractivity contribution is 0.672. The van der Waals surface area contributed by atoms with Crippen molar-refractivity contribution in [3.63, 3.8) is 0 Å². The Hall–Kier alpha value is -2.06. The molecular weight excluding hydrogens is 246 g/mol. The summed E-state index contributed by atoms with van der Waals surface area (Å²) in [6.07, 6.45) is 1.78. The Kier molecular flexibility index (Phi) is 1.91. The van der Waals surface area contributed by atoms with E-state index in [1.807, 2.05) is 42.5 Å². The number of pyridine rings is 1. The number of fused-ring (bicyclic) bond motifs is 5. The fraction of sp³-hybridized carbons (Fsp3) is 0. The van der Waals surface area contributed by atoms with Crippen molar-refractivity contribution in [1.29, 1.82) is 0 Å². The average molecular weight is 254 g/mol. The first-order valence-corrected chi connectivity index (χ1v) is 6.07. The third-order valence-electron chi connectivity index (χ3n) is 3.20. The first kappa shape index (κ1) is 9.92. The maximum absolute atomic E-state index is 6.20. The summed E-state index contributed by atoms with van der Waals surface area (Å²) in [7, 11) is 0. The lowest BCUT2D eigenvalue weighted by atomic mass is 10.1. The van der Waals surface area contributed by atoms with Gasteiger partial charge >= 0.3 is 0 Å². The van der Waals surface area contributed by atoms with Gasteiger partial charge in [0.25, 0.3) is 0 Å². The third kappa shape index (κ3) is 1.21. The minimum absolute atomic E-state index is 0.739. The number of furan rings is 1. The van der Waals surface area contributed by atoms with Crippen LogP contribution in [0, 0.1) is 0 Å². The molecule has 0 aliphatic carbocycles. The van der Waals surface area contributed by atoms with Gasteiger partial charge in [0.1, 0.15) is 11.1 Å². The Morgan fingerprint density at radius 1 is 0.889 bits per heavy atom. The average Bonchev–Trinajstić information content (AvgIpc) is 2.78. The molecule has 4 aromatic rings. The van der Waals surface area contributed by atoms with Crippen molar-refractivity contribution in [2.24, 2.45) is 0 Å². The van der Waals surface area contributed by atoms with Crippen LogP contribution < -0.4 is 0 Å². The molecule has 0 aliphatic heterocycles. The topological polar surface area (TPSA) is 26.0 Å². The van der Waals surface area contributed by atoms with E-state index >= 15 is 0 Å². The molecule has 0 saturated heterocycles. The highest BCUT2D eigenvalue weighted by molar-refractivity contribution is 6.36. The van der Waals surface area contributed by atoms with E-state index < -0.39 is 0 Å². The number of hydrogen-bond donors (Lipinski definition) is 0. The molecule has 3 heteroatoms. The highest BCUT2D eigenvalue weighted by atomic mass is 35.5. The quantitative estimate of drug-likeness (QED) is 0.450. The van der Waals surface area contributed by atoms with E-state index in [0.29, 0.717) is 0 Å². The number of nitrogens with zero attached hydrogens (tertiary/aromatic N) is 1.